The minimum Gasteiger partial charge on any atom is -0.392 e. The van der Waals surface area contributed by atoms with Crippen molar-refractivity contribution in [3.63, 3.8) is 0 Å². The smallest absolute Gasteiger partial charge is 0.232 e. The Kier molecular flexibility index (Phi) is 3.66. The van der Waals surface area contributed by atoms with E-state index in [9.17, 15) is 4.79 Å². The van der Waals surface area contributed by atoms with Crippen LogP contribution in [0.1, 0.15) is 26.7 Å². The molecule has 1 rings (SSSR count). The van der Waals surface area contributed by atoms with E-state index in [4.69, 9.17) is 18.0 Å². The van der Waals surface area contributed by atoms with Gasteiger partial charge in [-0.25, -0.2) is 0 Å². The van der Waals surface area contributed by atoms with Crippen LogP contribution < -0.4 is 11.1 Å². The van der Waals surface area contributed by atoms with Gasteiger partial charge in [-0.1, -0.05) is 12.2 Å². The van der Waals surface area contributed by atoms with E-state index in [0.29, 0.717) is 0 Å². The Morgan fingerprint density at radius 3 is 2.47 bits per heavy atom. The molecule has 1 aliphatic rings. The summed E-state index contributed by atoms with van der Waals surface area (Å²) in [5.74, 6) is -0.0738. The summed E-state index contributed by atoms with van der Waals surface area (Å²) < 4.78 is 0.280. The molecule has 3 N–H and O–H groups in total. The highest BCUT2D eigenvalue weighted by Gasteiger charge is 2.43. The van der Waals surface area contributed by atoms with Crippen molar-refractivity contribution in [3.05, 3.63) is 0 Å². The van der Waals surface area contributed by atoms with Crippen LogP contribution in [-0.2, 0) is 4.79 Å². The van der Waals surface area contributed by atoms with Gasteiger partial charge < -0.3 is 11.1 Å². The zero-order chi connectivity index (χ0) is 11.7. The Morgan fingerprint density at radius 2 is 2.13 bits per heavy atom. The molecular weight excluding hydrogens is 228 g/mol. The number of nitrogens with two attached hydrogens (primary N) is 1. The van der Waals surface area contributed by atoms with E-state index in [1.165, 1.54) is 12.8 Å². The molecule has 0 aromatic rings. The molecule has 3 nitrogen and oxygen atoms in total. The van der Waals surface area contributed by atoms with Crippen molar-refractivity contribution in [2.75, 3.05) is 12.8 Å². The van der Waals surface area contributed by atoms with Gasteiger partial charge >= 0.3 is 0 Å². The summed E-state index contributed by atoms with van der Waals surface area (Å²) in [5.41, 5.74) is 4.78. The van der Waals surface area contributed by atoms with E-state index in [1.807, 2.05) is 11.8 Å². The molecule has 15 heavy (non-hydrogen) atoms. The summed E-state index contributed by atoms with van der Waals surface area (Å²) in [4.78, 5) is 12.1. The lowest BCUT2D eigenvalue weighted by atomic mass is 9.92. The molecule has 0 atom stereocenters. The third-order valence-electron chi connectivity index (χ3n) is 3.00. The molecule has 86 valence electrons. The van der Waals surface area contributed by atoms with Gasteiger partial charge in [0.05, 0.1) is 10.4 Å². The molecule has 0 bridgehead atoms. The lowest BCUT2D eigenvalue weighted by Crippen LogP contribution is -2.46. The number of hydrogen-bond acceptors (Lipinski definition) is 3. The topological polar surface area (TPSA) is 55.1 Å². The first-order chi connectivity index (χ1) is 6.84. The maximum atomic E-state index is 11.8. The average molecular weight is 246 g/mol. The molecule has 0 saturated heterocycles. The fourth-order valence-corrected chi connectivity index (χ4v) is 1.99. The highest BCUT2D eigenvalue weighted by atomic mass is 32.2. The third kappa shape index (κ3) is 2.84. The zero-order valence-corrected chi connectivity index (χ0v) is 11.1. The summed E-state index contributed by atoms with van der Waals surface area (Å²) in [6, 6.07) is 0. The largest absolute Gasteiger partial charge is 0.392 e. The van der Waals surface area contributed by atoms with E-state index in [1.54, 1.807) is 13.8 Å². The predicted molar refractivity (Wildman–Crippen MR) is 69.1 cm³/mol. The zero-order valence-electron chi connectivity index (χ0n) is 9.42. The monoisotopic (exact) mass is 246 g/mol. The minimum atomic E-state index is -0.746. The Bertz CT molecular complexity index is 285. The summed E-state index contributed by atoms with van der Waals surface area (Å²) in [6.45, 7) is 4.23. The second kappa shape index (κ2) is 4.29. The van der Waals surface area contributed by atoms with Gasteiger partial charge in [0.1, 0.15) is 0 Å². The van der Waals surface area contributed by atoms with Crippen LogP contribution in [0.25, 0.3) is 0 Å². The second-order valence-electron chi connectivity index (χ2n) is 4.56. The molecule has 0 unspecified atom stereocenters. The average Bonchev–Trinajstić information content (AvgIpc) is 2.94. The quantitative estimate of drug-likeness (QED) is 0.718. The van der Waals surface area contributed by atoms with E-state index >= 15 is 0 Å². The van der Waals surface area contributed by atoms with Gasteiger partial charge in [0, 0.05) is 11.3 Å². The number of amides is 1. The van der Waals surface area contributed by atoms with Gasteiger partial charge in [0.25, 0.3) is 0 Å². The first-order valence-electron chi connectivity index (χ1n) is 4.97. The molecule has 0 radical (unpaired) electrons. The Labute approximate surface area is 101 Å². The van der Waals surface area contributed by atoms with Gasteiger partial charge in [0.15, 0.2) is 0 Å². The van der Waals surface area contributed by atoms with Crippen molar-refractivity contribution < 1.29 is 4.79 Å². The number of rotatable bonds is 5. The summed E-state index contributed by atoms with van der Waals surface area (Å²) in [5, 5.41) is 2.93. The van der Waals surface area contributed by atoms with Crippen LogP contribution in [0.3, 0.4) is 0 Å². The standard InChI is InChI=1S/C10H18N2OS2/c1-9(2,7(11)14)8(13)12-6-10(15-3)4-5-10/h4-6H2,1-3H3,(H2,11,14)(H,12,13). The number of thiocarbonyl (C=S) groups is 1. The van der Waals surface area contributed by atoms with Crippen molar-refractivity contribution in [1.29, 1.82) is 0 Å². The molecule has 5 heteroatoms. The molecule has 1 fully saturated rings. The van der Waals surface area contributed by atoms with Gasteiger partial charge in [-0.15, -0.1) is 0 Å². The Balaban J connectivity index is 2.46. The summed E-state index contributed by atoms with van der Waals surface area (Å²) in [6.07, 6.45) is 4.45. The lowest BCUT2D eigenvalue weighted by Gasteiger charge is -2.23. The maximum absolute atomic E-state index is 11.8. The lowest BCUT2D eigenvalue weighted by molar-refractivity contribution is -0.126. The predicted octanol–water partition coefficient (Wildman–Crippen LogP) is 1.31. The first-order valence-corrected chi connectivity index (χ1v) is 6.61. The number of carbonyl (C=O) groups excluding carboxylic acids is 1. The van der Waals surface area contributed by atoms with Crippen molar-refractivity contribution in [1.82, 2.24) is 5.32 Å². The molecule has 1 amide bonds. The number of hydrogen-bond donors (Lipinski definition) is 2. The van der Waals surface area contributed by atoms with Crippen LogP contribution >= 0.6 is 24.0 Å². The normalized spacial score (nSPS) is 18.3. The van der Waals surface area contributed by atoms with E-state index in [2.05, 4.69) is 11.6 Å². The molecule has 0 aromatic heterocycles. The molecule has 0 aliphatic heterocycles. The minimum absolute atomic E-state index is 0.0738. The first kappa shape index (κ1) is 12.8. The highest BCUT2D eigenvalue weighted by Crippen LogP contribution is 2.46. The van der Waals surface area contributed by atoms with Crippen LogP contribution in [0.4, 0.5) is 0 Å². The maximum Gasteiger partial charge on any atom is 0.232 e. The Hall–Kier alpha value is -0.290. The van der Waals surface area contributed by atoms with E-state index in [0.717, 1.165) is 6.54 Å². The van der Waals surface area contributed by atoms with Gasteiger partial charge in [-0.3, -0.25) is 4.79 Å². The van der Waals surface area contributed by atoms with Crippen LogP contribution in [0.5, 0.6) is 0 Å². The molecular formula is C10H18N2OS2. The van der Waals surface area contributed by atoms with Crippen LogP contribution in [0, 0.1) is 5.41 Å². The molecule has 0 heterocycles. The van der Waals surface area contributed by atoms with Gasteiger partial charge in [-0.05, 0) is 32.9 Å². The second-order valence-corrected chi connectivity index (χ2v) is 6.27. The van der Waals surface area contributed by atoms with Gasteiger partial charge in [-0.2, -0.15) is 11.8 Å². The molecule has 1 saturated carbocycles. The number of nitrogens with one attached hydrogen (secondary N) is 1. The van der Waals surface area contributed by atoms with Crippen LogP contribution in [0.15, 0.2) is 0 Å². The van der Waals surface area contributed by atoms with E-state index in [-0.39, 0.29) is 15.6 Å². The summed E-state index contributed by atoms with van der Waals surface area (Å²) in [7, 11) is 0. The van der Waals surface area contributed by atoms with Crippen LogP contribution in [-0.4, -0.2) is 28.4 Å². The van der Waals surface area contributed by atoms with E-state index < -0.39 is 5.41 Å². The summed E-state index contributed by atoms with van der Waals surface area (Å²) >= 11 is 6.69. The fraction of sp³-hybridized carbons (Fsp3) is 0.800. The van der Waals surface area contributed by atoms with Crippen molar-refractivity contribution in [2.24, 2.45) is 11.1 Å². The fourth-order valence-electron chi connectivity index (χ4n) is 1.17. The Morgan fingerprint density at radius 1 is 1.60 bits per heavy atom. The highest BCUT2D eigenvalue weighted by molar-refractivity contribution is 8.00. The number of thioether (sulfide) groups is 1. The van der Waals surface area contributed by atoms with Crippen molar-refractivity contribution in [2.45, 2.75) is 31.4 Å². The molecule has 0 aromatic carbocycles. The van der Waals surface area contributed by atoms with Crippen molar-refractivity contribution >= 4 is 34.9 Å². The van der Waals surface area contributed by atoms with Crippen LogP contribution in [0.2, 0.25) is 0 Å². The van der Waals surface area contributed by atoms with Crippen molar-refractivity contribution in [3.8, 4) is 0 Å². The van der Waals surface area contributed by atoms with Gasteiger partial charge in [0.2, 0.25) is 5.91 Å². The molecule has 0 spiro atoms. The molecule has 1 aliphatic carbocycles. The third-order valence-corrected chi connectivity index (χ3v) is 4.92. The number of carbonyl (C=O) groups is 1. The SMILES string of the molecule is CSC1(CNC(=O)C(C)(C)C(N)=S)CC1.